The maximum atomic E-state index is 12.9. The first-order valence-corrected chi connectivity index (χ1v) is 12.1. The fraction of sp³-hybridized carbons (Fsp3) is 0.360. The van der Waals surface area contributed by atoms with E-state index in [1.807, 2.05) is 29.2 Å². The molecule has 0 spiro atoms. The monoisotopic (exact) mass is 478 g/mol. The summed E-state index contributed by atoms with van der Waals surface area (Å²) < 4.78 is 17.2. The van der Waals surface area contributed by atoms with Crippen LogP contribution in [0.5, 0.6) is 11.5 Å². The minimum atomic E-state index is 0.108. The molecule has 1 amide bonds. The van der Waals surface area contributed by atoms with Crippen molar-refractivity contribution in [2.24, 2.45) is 0 Å². The van der Waals surface area contributed by atoms with Crippen LogP contribution in [-0.4, -0.2) is 53.2 Å². The Hall–Kier alpha value is -3.46. The third-order valence-electron chi connectivity index (χ3n) is 6.10. The Balaban J connectivity index is 1.20. The van der Waals surface area contributed by atoms with E-state index in [1.54, 1.807) is 37.7 Å². The summed E-state index contributed by atoms with van der Waals surface area (Å²) in [5.74, 6) is 2.52. The highest BCUT2D eigenvalue weighted by Crippen LogP contribution is 2.33. The smallest absolute Gasteiger partial charge is 0.227 e. The molecule has 5 rings (SSSR count). The quantitative estimate of drug-likeness (QED) is 0.380. The first-order valence-electron chi connectivity index (χ1n) is 11.3. The first-order chi connectivity index (χ1) is 16.6. The van der Waals surface area contributed by atoms with Crippen LogP contribution in [-0.2, 0) is 11.2 Å². The Kier molecular flexibility index (Phi) is 6.44. The minimum Gasteiger partial charge on any atom is -0.493 e. The number of aryl methyl sites for hydroxylation is 1. The Morgan fingerprint density at radius 3 is 2.82 bits per heavy atom. The molecule has 1 aliphatic rings. The molecule has 0 radical (unpaired) electrons. The lowest BCUT2D eigenvalue weighted by atomic mass is 9.98. The number of carbonyl (C=O) groups is 1. The number of amides is 1. The fourth-order valence-corrected chi connectivity index (χ4v) is 5.38. The van der Waals surface area contributed by atoms with E-state index in [4.69, 9.17) is 19.0 Å². The second kappa shape index (κ2) is 9.80. The van der Waals surface area contributed by atoms with Gasteiger partial charge in [-0.05, 0) is 43.2 Å². The van der Waals surface area contributed by atoms with E-state index in [9.17, 15) is 4.79 Å². The van der Waals surface area contributed by atoms with Crippen molar-refractivity contribution in [3.63, 3.8) is 0 Å². The van der Waals surface area contributed by atoms with Crippen LogP contribution in [0.4, 0.5) is 0 Å². The van der Waals surface area contributed by atoms with Gasteiger partial charge in [-0.1, -0.05) is 17.3 Å². The number of methoxy groups -OCH3 is 2. The van der Waals surface area contributed by atoms with Crippen molar-refractivity contribution in [3.05, 3.63) is 53.4 Å². The lowest BCUT2D eigenvalue weighted by molar-refractivity contribution is -0.132. The summed E-state index contributed by atoms with van der Waals surface area (Å²) in [7, 11) is 3.17. The average molecular weight is 479 g/mol. The van der Waals surface area contributed by atoms with Gasteiger partial charge in [0.15, 0.2) is 11.5 Å². The van der Waals surface area contributed by atoms with Crippen LogP contribution in [0.1, 0.15) is 36.1 Å². The Morgan fingerprint density at radius 2 is 2.00 bits per heavy atom. The number of thiazole rings is 1. The van der Waals surface area contributed by atoms with Crippen LogP contribution >= 0.6 is 11.3 Å². The molecule has 1 fully saturated rings. The first kappa shape index (κ1) is 22.3. The molecule has 0 unspecified atom stereocenters. The normalized spacial score (nSPS) is 16.1. The molecule has 34 heavy (non-hydrogen) atoms. The van der Waals surface area contributed by atoms with Gasteiger partial charge in [0.1, 0.15) is 0 Å². The Morgan fingerprint density at radius 1 is 1.15 bits per heavy atom. The number of aromatic nitrogens is 3. The molecule has 0 bridgehead atoms. The summed E-state index contributed by atoms with van der Waals surface area (Å²) in [6.45, 7) is 1.49. The van der Waals surface area contributed by atoms with Crippen LogP contribution in [0, 0.1) is 0 Å². The third-order valence-corrected chi connectivity index (χ3v) is 7.30. The van der Waals surface area contributed by atoms with Gasteiger partial charge >= 0.3 is 0 Å². The predicted octanol–water partition coefficient (Wildman–Crippen LogP) is 4.70. The molecule has 0 aliphatic carbocycles. The van der Waals surface area contributed by atoms with Gasteiger partial charge in [0.05, 0.1) is 29.4 Å². The SMILES string of the molecule is COc1ccc(-c2noc(CCC(=O)N3CCC[C@H](c4nc5ccccc5s4)C3)n2)cc1OC. The van der Waals surface area contributed by atoms with Crippen LogP contribution in [0.15, 0.2) is 47.0 Å². The van der Waals surface area contributed by atoms with Gasteiger partial charge in [0, 0.05) is 37.4 Å². The molecule has 0 saturated carbocycles. The maximum Gasteiger partial charge on any atom is 0.227 e. The predicted molar refractivity (Wildman–Crippen MR) is 129 cm³/mol. The zero-order valence-corrected chi connectivity index (χ0v) is 20.0. The van der Waals surface area contributed by atoms with Crippen LogP contribution in [0.25, 0.3) is 21.6 Å². The lowest BCUT2D eigenvalue weighted by Crippen LogP contribution is -2.39. The van der Waals surface area contributed by atoms with Gasteiger partial charge in [0.2, 0.25) is 17.6 Å². The summed E-state index contributed by atoms with van der Waals surface area (Å²) in [5, 5.41) is 5.19. The number of piperidine rings is 1. The number of hydrogen-bond donors (Lipinski definition) is 0. The van der Waals surface area contributed by atoms with E-state index >= 15 is 0 Å². The van der Waals surface area contributed by atoms with Crippen molar-refractivity contribution in [1.82, 2.24) is 20.0 Å². The van der Waals surface area contributed by atoms with Crippen molar-refractivity contribution >= 4 is 27.5 Å². The van der Waals surface area contributed by atoms with E-state index in [0.717, 1.165) is 35.5 Å². The molecule has 176 valence electrons. The topological polar surface area (TPSA) is 90.6 Å². The second-order valence-corrected chi connectivity index (χ2v) is 9.34. The molecular formula is C25H26N4O4S. The Bertz CT molecular complexity index is 1270. The highest BCUT2D eigenvalue weighted by molar-refractivity contribution is 7.18. The molecule has 3 heterocycles. The zero-order chi connectivity index (χ0) is 23.5. The van der Waals surface area contributed by atoms with Gasteiger partial charge in [-0.3, -0.25) is 4.79 Å². The summed E-state index contributed by atoms with van der Waals surface area (Å²) in [5.41, 5.74) is 1.79. The molecular weight excluding hydrogens is 452 g/mol. The van der Waals surface area contributed by atoms with Crippen molar-refractivity contribution < 1.29 is 18.8 Å². The van der Waals surface area contributed by atoms with Gasteiger partial charge < -0.3 is 18.9 Å². The summed E-state index contributed by atoms with van der Waals surface area (Å²) >= 11 is 1.73. The molecule has 0 N–H and O–H groups in total. The number of para-hydroxylation sites is 1. The van der Waals surface area contributed by atoms with Crippen LogP contribution in [0.3, 0.4) is 0 Å². The van der Waals surface area contributed by atoms with Crippen molar-refractivity contribution in [1.29, 1.82) is 0 Å². The van der Waals surface area contributed by atoms with Gasteiger partial charge in [-0.2, -0.15) is 4.98 Å². The van der Waals surface area contributed by atoms with Crippen LogP contribution < -0.4 is 9.47 Å². The number of likely N-dealkylation sites (tertiary alicyclic amines) is 1. The van der Waals surface area contributed by atoms with Gasteiger partial charge in [-0.15, -0.1) is 11.3 Å². The van der Waals surface area contributed by atoms with Crippen molar-refractivity contribution in [3.8, 4) is 22.9 Å². The number of carbonyl (C=O) groups excluding carboxylic acids is 1. The fourth-order valence-electron chi connectivity index (χ4n) is 4.29. The van der Waals surface area contributed by atoms with E-state index < -0.39 is 0 Å². The molecule has 1 saturated heterocycles. The number of benzene rings is 2. The average Bonchev–Trinajstić information content (AvgIpc) is 3.54. The van der Waals surface area contributed by atoms with E-state index in [2.05, 4.69) is 16.2 Å². The molecule has 1 atom stereocenters. The largest absolute Gasteiger partial charge is 0.493 e. The third kappa shape index (κ3) is 4.61. The Labute approximate surface area is 201 Å². The number of rotatable bonds is 7. The highest BCUT2D eigenvalue weighted by atomic mass is 32.1. The van der Waals surface area contributed by atoms with E-state index in [1.165, 1.54) is 4.70 Å². The molecule has 8 nitrogen and oxygen atoms in total. The van der Waals surface area contributed by atoms with Gasteiger partial charge in [-0.25, -0.2) is 4.98 Å². The number of nitrogens with zero attached hydrogens (tertiary/aromatic N) is 4. The lowest BCUT2D eigenvalue weighted by Gasteiger charge is -2.31. The molecule has 2 aromatic heterocycles. The minimum absolute atomic E-state index is 0.108. The molecule has 9 heteroatoms. The molecule has 4 aromatic rings. The number of ether oxygens (including phenoxy) is 2. The van der Waals surface area contributed by atoms with E-state index in [-0.39, 0.29) is 11.8 Å². The maximum absolute atomic E-state index is 12.9. The molecule has 2 aromatic carbocycles. The van der Waals surface area contributed by atoms with Gasteiger partial charge in [0.25, 0.3) is 0 Å². The summed E-state index contributed by atoms with van der Waals surface area (Å²) in [6, 6.07) is 13.6. The van der Waals surface area contributed by atoms with Crippen molar-refractivity contribution in [2.45, 2.75) is 31.6 Å². The number of hydrogen-bond acceptors (Lipinski definition) is 8. The molecule has 1 aliphatic heterocycles. The second-order valence-electron chi connectivity index (χ2n) is 8.28. The zero-order valence-electron chi connectivity index (χ0n) is 19.2. The number of fused-ring (bicyclic) bond motifs is 1. The van der Waals surface area contributed by atoms with Crippen molar-refractivity contribution in [2.75, 3.05) is 27.3 Å². The standard InChI is InChI=1S/C25H26N4O4S/c1-31-19-10-9-16(14-20(19)32-2)24-27-22(33-28-24)11-12-23(30)29-13-5-6-17(15-29)25-26-18-7-3-4-8-21(18)34-25/h3-4,7-10,14,17H,5-6,11-13,15H2,1-2H3/t17-/m0/s1. The van der Waals surface area contributed by atoms with E-state index in [0.29, 0.717) is 42.6 Å². The summed E-state index contributed by atoms with van der Waals surface area (Å²) in [4.78, 5) is 24.2. The summed E-state index contributed by atoms with van der Waals surface area (Å²) in [6.07, 6.45) is 2.78. The highest BCUT2D eigenvalue weighted by Gasteiger charge is 2.27. The van der Waals surface area contributed by atoms with Crippen LogP contribution in [0.2, 0.25) is 0 Å².